The van der Waals surface area contributed by atoms with Crippen molar-refractivity contribution in [3.63, 3.8) is 0 Å². The highest BCUT2D eigenvalue weighted by Gasteiger charge is 2.29. The lowest BCUT2D eigenvalue weighted by Crippen LogP contribution is -2.31. The van der Waals surface area contributed by atoms with Crippen molar-refractivity contribution in [3.05, 3.63) is 114 Å². The molecule has 5 rings (SSSR count). The molecule has 0 bridgehead atoms. The maximum absolute atomic E-state index is 13.4. The van der Waals surface area contributed by atoms with Crippen molar-refractivity contribution >= 4 is 21.6 Å². The lowest BCUT2D eigenvalue weighted by atomic mass is 10.1. The van der Waals surface area contributed by atoms with Crippen LogP contribution in [0, 0.1) is 5.82 Å². The van der Waals surface area contributed by atoms with E-state index in [-0.39, 0.29) is 17.3 Å². The summed E-state index contributed by atoms with van der Waals surface area (Å²) in [4.78, 5) is 22.5. The number of carbonyl (C=O) groups is 1. The van der Waals surface area contributed by atoms with Crippen molar-refractivity contribution in [3.8, 4) is 0 Å². The molecule has 1 amide bonds. The standard InChI is InChI=1S/C28H27FN4O3S/c29-22-9-12-24(13-10-22)37(35,36)32-26-14-8-21-7-11-23(18-25(21)26)33(19-27-30-16-17-31-27)28(34)15-6-20-4-2-1-3-5-20/h1-5,7,9-13,16-18,26,32H,6,8,14-15,19H2,(H,30,31). The number of H-pyrrole nitrogens is 1. The number of halogens is 1. The van der Waals surface area contributed by atoms with Gasteiger partial charge < -0.3 is 9.88 Å². The predicted molar refractivity (Wildman–Crippen MR) is 139 cm³/mol. The molecule has 1 aliphatic carbocycles. The van der Waals surface area contributed by atoms with Gasteiger partial charge in [-0.3, -0.25) is 4.79 Å². The molecular weight excluding hydrogens is 491 g/mol. The molecule has 1 aromatic heterocycles. The van der Waals surface area contributed by atoms with E-state index in [1.807, 2.05) is 48.5 Å². The Kier molecular flexibility index (Phi) is 7.16. The first-order chi connectivity index (χ1) is 17.9. The fourth-order valence-corrected chi connectivity index (χ4v) is 5.89. The summed E-state index contributed by atoms with van der Waals surface area (Å²) >= 11 is 0. The Morgan fingerprint density at radius 1 is 1.08 bits per heavy atom. The van der Waals surface area contributed by atoms with Gasteiger partial charge in [-0.2, -0.15) is 0 Å². The van der Waals surface area contributed by atoms with Crippen LogP contribution in [-0.2, 0) is 34.2 Å². The third-order valence-electron chi connectivity index (χ3n) is 6.57. The highest BCUT2D eigenvalue weighted by atomic mass is 32.2. The third-order valence-corrected chi connectivity index (χ3v) is 8.06. The van der Waals surface area contributed by atoms with E-state index in [0.29, 0.717) is 37.2 Å². The summed E-state index contributed by atoms with van der Waals surface area (Å²) in [6.07, 6.45) is 5.60. The number of aromatic amines is 1. The molecule has 1 atom stereocenters. The molecule has 0 fully saturated rings. The molecule has 0 saturated carbocycles. The number of aryl methyl sites for hydroxylation is 2. The predicted octanol–water partition coefficient (Wildman–Crippen LogP) is 4.68. The molecule has 3 aromatic carbocycles. The summed E-state index contributed by atoms with van der Waals surface area (Å²) in [5, 5.41) is 0. The Labute approximate surface area is 215 Å². The van der Waals surface area contributed by atoms with E-state index in [4.69, 9.17) is 0 Å². The molecule has 0 spiro atoms. The Bertz CT molecular complexity index is 1470. The van der Waals surface area contributed by atoms with E-state index in [9.17, 15) is 17.6 Å². The molecule has 1 unspecified atom stereocenters. The number of sulfonamides is 1. The van der Waals surface area contributed by atoms with Crippen molar-refractivity contribution in [1.82, 2.24) is 14.7 Å². The maximum atomic E-state index is 13.4. The van der Waals surface area contributed by atoms with E-state index >= 15 is 0 Å². The van der Waals surface area contributed by atoms with E-state index in [1.165, 1.54) is 12.1 Å². The summed E-state index contributed by atoms with van der Waals surface area (Å²) in [6.45, 7) is 0.269. The number of imidazole rings is 1. The zero-order valence-electron chi connectivity index (χ0n) is 20.1. The number of rotatable bonds is 9. The van der Waals surface area contributed by atoms with Crippen LogP contribution < -0.4 is 9.62 Å². The number of fused-ring (bicyclic) bond motifs is 1. The van der Waals surface area contributed by atoms with Crippen LogP contribution in [0.2, 0.25) is 0 Å². The average Bonchev–Trinajstić information content (AvgIpc) is 3.56. The Hall–Kier alpha value is -3.82. The molecule has 2 N–H and O–H groups in total. The molecule has 7 nitrogen and oxygen atoms in total. The molecule has 1 aliphatic rings. The first kappa shape index (κ1) is 24.9. The number of anilines is 1. The van der Waals surface area contributed by atoms with Gasteiger partial charge in [-0.05, 0) is 72.4 Å². The summed E-state index contributed by atoms with van der Waals surface area (Å²) in [7, 11) is -3.85. The van der Waals surface area contributed by atoms with Crippen molar-refractivity contribution in [2.75, 3.05) is 4.90 Å². The summed E-state index contributed by atoms with van der Waals surface area (Å²) < 4.78 is 42.0. The van der Waals surface area contributed by atoms with Crippen molar-refractivity contribution < 1.29 is 17.6 Å². The fourth-order valence-electron chi connectivity index (χ4n) is 4.64. The van der Waals surface area contributed by atoms with E-state index in [1.54, 1.807) is 17.3 Å². The van der Waals surface area contributed by atoms with Gasteiger partial charge in [-0.25, -0.2) is 22.5 Å². The summed E-state index contributed by atoms with van der Waals surface area (Å²) in [5.74, 6) is 0.104. The zero-order valence-corrected chi connectivity index (χ0v) is 20.9. The minimum absolute atomic E-state index is 0.00837. The number of nitrogens with one attached hydrogen (secondary N) is 2. The van der Waals surface area contributed by atoms with Gasteiger partial charge in [-0.1, -0.05) is 36.4 Å². The normalized spacial score (nSPS) is 14.9. The fraction of sp³-hybridized carbons (Fsp3) is 0.214. The van der Waals surface area contributed by atoms with E-state index < -0.39 is 21.9 Å². The van der Waals surface area contributed by atoms with Crippen LogP contribution in [0.1, 0.15) is 41.4 Å². The summed E-state index contributed by atoms with van der Waals surface area (Å²) in [6, 6.07) is 19.9. The minimum Gasteiger partial charge on any atom is -0.347 e. The smallest absolute Gasteiger partial charge is 0.241 e. The molecule has 4 aromatic rings. The second-order valence-electron chi connectivity index (χ2n) is 9.05. The monoisotopic (exact) mass is 518 g/mol. The van der Waals surface area contributed by atoms with Gasteiger partial charge in [-0.15, -0.1) is 0 Å². The molecule has 190 valence electrons. The maximum Gasteiger partial charge on any atom is 0.241 e. The van der Waals surface area contributed by atoms with Gasteiger partial charge in [0.1, 0.15) is 11.6 Å². The Morgan fingerprint density at radius 2 is 1.86 bits per heavy atom. The van der Waals surface area contributed by atoms with Gasteiger partial charge in [0.25, 0.3) is 0 Å². The van der Waals surface area contributed by atoms with Gasteiger partial charge >= 0.3 is 0 Å². The Morgan fingerprint density at radius 3 is 2.59 bits per heavy atom. The van der Waals surface area contributed by atoms with Crippen LogP contribution in [0.4, 0.5) is 10.1 Å². The van der Waals surface area contributed by atoms with Crippen LogP contribution >= 0.6 is 0 Å². The second-order valence-corrected chi connectivity index (χ2v) is 10.8. The van der Waals surface area contributed by atoms with Gasteiger partial charge in [0, 0.05) is 30.5 Å². The van der Waals surface area contributed by atoms with Gasteiger partial charge in [0.05, 0.1) is 11.4 Å². The first-order valence-electron chi connectivity index (χ1n) is 12.1. The minimum atomic E-state index is -3.85. The Balaban J connectivity index is 1.39. The molecule has 37 heavy (non-hydrogen) atoms. The number of hydrogen-bond acceptors (Lipinski definition) is 4. The number of benzene rings is 3. The molecule has 0 saturated heterocycles. The number of nitrogens with zero attached hydrogens (tertiary/aromatic N) is 2. The van der Waals surface area contributed by atoms with Gasteiger partial charge in [0.2, 0.25) is 15.9 Å². The first-order valence-corrected chi connectivity index (χ1v) is 13.6. The molecule has 0 aliphatic heterocycles. The quantitative estimate of drug-likeness (QED) is 0.336. The SMILES string of the molecule is O=C(CCc1ccccc1)N(Cc1ncc[nH]1)c1ccc2c(c1)C(NS(=O)(=O)c1ccc(F)cc1)CC2. The third kappa shape index (κ3) is 5.79. The zero-order chi connectivity index (χ0) is 25.8. The van der Waals surface area contributed by atoms with E-state index in [2.05, 4.69) is 14.7 Å². The topological polar surface area (TPSA) is 95.2 Å². The van der Waals surface area contributed by atoms with Crippen molar-refractivity contribution in [1.29, 1.82) is 0 Å². The molecule has 0 radical (unpaired) electrons. The average molecular weight is 519 g/mol. The highest BCUT2D eigenvalue weighted by molar-refractivity contribution is 7.89. The molecular formula is C28H27FN4O3S. The van der Waals surface area contributed by atoms with Gasteiger partial charge in [0.15, 0.2) is 0 Å². The van der Waals surface area contributed by atoms with E-state index in [0.717, 1.165) is 28.8 Å². The van der Waals surface area contributed by atoms with Crippen LogP contribution in [0.15, 0.2) is 90.1 Å². The lowest BCUT2D eigenvalue weighted by Gasteiger charge is -2.24. The largest absolute Gasteiger partial charge is 0.347 e. The van der Waals surface area contributed by atoms with Crippen LogP contribution in [0.25, 0.3) is 0 Å². The molecule has 9 heteroatoms. The van der Waals surface area contributed by atoms with Crippen LogP contribution in [-0.4, -0.2) is 24.3 Å². The molecule has 1 heterocycles. The number of carbonyl (C=O) groups excluding carboxylic acids is 1. The lowest BCUT2D eigenvalue weighted by molar-refractivity contribution is -0.118. The van der Waals surface area contributed by atoms with Crippen LogP contribution in [0.3, 0.4) is 0 Å². The highest BCUT2D eigenvalue weighted by Crippen LogP contribution is 2.35. The van der Waals surface area contributed by atoms with Crippen LogP contribution in [0.5, 0.6) is 0 Å². The number of amides is 1. The van der Waals surface area contributed by atoms with Crippen molar-refractivity contribution in [2.24, 2.45) is 0 Å². The van der Waals surface area contributed by atoms with Crippen molar-refractivity contribution in [2.45, 2.75) is 43.2 Å². The summed E-state index contributed by atoms with van der Waals surface area (Å²) in [5.41, 5.74) is 3.63. The second kappa shape index (κ2) is 10.7. The number of aromatic nitrogens is 2. The number of hydrogen-bond donors (Lipinski definition) is 2.